The number of hydrogen-bond acceptors (Lipinski definition) is 3. The summed E-state index contributed by atoms with van der Waals surface area (Å²) in [7, 11) is 0. The van der Waals surface area contributed by atoms with Crippen molar-refractivity contribution >= 4 is 0 Å². The van der Waals surface area contributed by atoms with Crippen LogP contribution in [-0.4, -0.2) is 11.6 Å². The first-order valence-corrected chi connectivity index (χ1v) is 3.45. The van der Waals surface area contributed by atoms with Crippen LogP contribution in [-0.2, 0) is 0 Å². The monoisotopic (exact) mass is 184 g/mol. The molecule has 0 aromatic carbocycles. The highest BCUT2D eigenvalue weighted by atomic mass is 19.3. The molecule has 1 heterocycles. The van der Waals surface area contributed by atoms with Crippen molar-refractivity contribution in [3.05, 3.63) is 23.5 Å². The molecule has 1 aromatic rings. The second-order valence-electron chi connectivity index (χ2n) is 2.35. The van der Waals surface area contributed by atoms with Crippen molar-refractivity contribution < 1.29 is 13.5 Å². The molecule has 0 atom stereocenters. The molecular formula is C8H6F2N2O. The molecule has 13 heavy (non-hydrogen) atoms. The van der Waals surface area contributed by atoms with Gasteiger partial charge in [-0.1, -0.05) is 0 Å². The molecule has 5 heteroatoms. The van der Waals surface area contributed by atoms with Gasteiger partial charge in [0.25, 0.3) is 0 Å². The number of aryl methyl sites for hydroxylation is 1. The van der Waals surface area contributed by atoms with E-state index in [1.807, 2.05) is 0 Å². The van der Waals surface area contributed by atoms with Crippen molar-refractivity contribution in [2.75, 3.05) is 0 Å². The summed E-state index contributed by atoms with van der Waals surface area (Å²) in [5.41, 5.74) is 0.528. The number of nitriles is 1. The minimum Gasteiger partial charge on any atom is -0.432 e. The quantitative estimate of drug-likeness (QED) is 0.704. The first-order chi connectivity index (χ1) is 6.13. The van der Waals surface area contributed by atoms with Crippen molar-refractivity contribution in [2.24, 2.45) is 0 Å². The van der Waals surface area contributed by atoms with E-state index in [-0.39, 0.29) is 11.4 Å². The lowest BCUT2D eigenvalue weighted by atomic mass is 10.2. The largest absolute Gasteiger partial charge is 0.432 e. The van der Waals surface area contributed by atoms with Gasteiger partial charge in [0.1, 0.15) is 6.07 Å². The van der Waals surface area contributed by atoms with Crippen molar-refractivity contribution in [1.29, 1.82) is 5.26 Å². The Morgan fingerprint density at radius 3 is 2.85 bits per heavy atom. The van der Waals surface area contributed by atoms with Gasteiger partial charge in [0, 0.05) is 6.20 Å². The first-order valence-electron chi connectivity index (χ1n) is 3.45. The Morgan fingerprint density at radius 2 is 2.31 bits per heavy atom. The van der Waals surface area contributed by atoms with Gasteiger partial charge in [0.15, 0.2) is 11.4 Å². The average Bonchev–Trinajstić information content (AvgIpc) is 2.03. The fourth-order valence-corrected chi connectivity index (χ4v) is 0.812. The molecule has 0 amide bonds. The van der Waals surface area contributed by atoms with Crippen LogP contribution in [0.5, 0.6) is 5.75 Å². The number of ether oxygens (including phenoxy) is 1. The van der Waals surface area contributed by atoms with Gasteiger partial charge in [-0.3, -0.25) is 0 Å². The number of rotatable bonds is 2. The number of aromatic nitrogens is 1. The Balaban J connectivity index is 3.03. The molecule has 0 saturated carbocycles. The molecule has 0 fully saturated rings. The van der Waals surface area contributed by atoms with Gasteiger partial charge >= 0.3 is 6.61 Å². The van der Waals surface area contributed by atoms with Gasteiger partial charge in [0.2, 0.25) is 0 Å². The Hall–Kier alpha value is -1.70. The van der Waals surface area contributed by atoms with Gasteiger partial charge in [-0.15, -0.1) is 0 Å². The van der Waals surface area contributed by atoms with E-state index < -0.39 is 6.61 Å². The lowest BCUT2D eigenvalue weighted by Crippen LogP contribution is -2.04. The molecule has 1 aromatic heterocycles. The van der Waals surface area contributed by atoms with E-state index in [2.05, 4.69) is 9.72 Å². The molecule has 0 aliphatic rings. The second-order valence-corrected chi connectivity index (χ2v) is 2.35. The second kappa shape index (κ2) is 3.81. The van der Waals surface area contributed by atoms with E-state index in [1.165, 1.54) is 12.3 Å². The van der Waals surface area contributed by atoms with Crippen molar-refractivity contribution in [3.63, 3.8) is 0 Å². The van der Waals surface area contributed by atoms with E-state index in [0.29, 0.717) is 5.56 Å². The molecule has 0 saturated heterocycles. The number of halogens is 2. The average molecular weight is 184 g/mol. The SMILES string of the molecule is Cc1cnc(C#N)c(OC(F)F)c1. The van der Waals surface area contributed by atoms with Crippen molar-refractivity contribution in [1.82, 2.24) is 4.98 Å². The minimum atomic E-state index is -2.93. The Kier molecular flexibility index (Phi) is 2.75. The predicted octanol–water partition coefficient (Wildman–Crippen LogP) is 1.86. The third kappa shape index (κ3) is 2.37. The van der Waals surface area contributed by atoms with Crippen LogP contribution < -0.4 is 4.74 Å². The van der Waals surface area contributed by atoms with E-state index in [0.717, 1.165) is 0 Å². The molecule has 3 nitrogen and oxygen atoms in total. The maximum absolute atomic E-state index is 11.8. The minimum absolute atomic E-state index is 0.133. The summed E-state index contributed by atoms with van der Waals surface area (Å²) >= 11 is 0. The Bertz CT molecular complexity index is 346. The Labute approximate surface area is 73.6 Å². The van der Waals surface area contributed by atoms with Gasteiger partial charge < -0.3 is 4.74 Å². The molecular weight excluding hydrogens is 178 g/mol. The highest BCUT2D eigenvalue weighted by molar-refractivity contribution is 5.38. The van der Waals surface area contributed by atoms with Crippen LogP contribution in [0.1, 0.15) is 11.3 Å². The number of alkyl halides is 2. The normalized spacial score (nSPS) is 9.77. The number of nitrogens with zero attached hydrogens (tertiary/aromatic N) is 2. The summed E-state index contributed by atoms with van der Waals surface area (Å²) in [5, 5.41) is 8.48. The highest BCUT2D eigenvalue weighted by Crippen LogP contribution is 2.18. The van der Waals surface area contributed by atoms with Gasteiger partial charge in [-0.05, 0) is 18.6 Å². The predicted molar refractivity (Wildman–Crippen MR) is 40.3 cm³/mol. The standard InChI is InChI=1S/C8H6F2N2O/c1-5-2-7(13-8(9)10)6(3-11)12-4-5/h2,4,8H,1H3. The molecule has 0 spiro atoms. The Morgan fingerprint density at radius 1 is 1.62 bits per heavy atom. The first kappa shape index (κ1) is 9.39. The highest BCUT2D eigenvalue weighted by Gasteiger charge is 2.10. The molecule has 0 aliphatic heterocycles. The lowest BCUT2D eigenvalue weighted by Gasteiger charge is -2.05. The zero-order valence-electron chi connectivity index (χ0n) is 6.79. The van der Waals surface area contributed by atoms with Crippen LogP contribution in [0.15, 0.2) is 12.3 Å². The van der Waals surface area contributed by atoms with Crippen LogP contribution in [0.4, 0.5) is 8.78 Å². The van der Waals surface area contributed by atoms with Crippen molar-refractivity contribution in [3.8, 4) is 11.8 Å². The fourth-order valence-electron chi connectivity index (χ4n) is 0.812. The number of pyridine rings is 1. The molecule has 0 radical (unpaired) electrons. The third-order valence-electron chi connectivity index (χ3n) is 1.31. The van der Waals surface area contributed by atoms with E-state index in [4.69, 9.17) is 5.26 Å². The molecule has 0 unspecified atom stereocenters. The number of hydrogen-bond donors (Lipinski definition) is 0. The molecule has 1 rings (SSSR count). The van der Waals surface area contributed by atoms with Crippen molar-refractivity contribution in [2.45, 2.75) is 13.5 Å². The summed E-state index contributed by atoms with van der Waals surface area (Å²) in [5.74, 6) is -0.183. The van der Waals surface area contributed by atoms with Crippen LogP contribution in [0, 0.1) is 18.3 Å². The topological polar surface area (TPSA) is 45.9 Å². The van der Waals surface area contributed by atoms with E-state index in [1.54, 1.807) is 13.0 Å². The molecule has 0 aliphatic carbocycles. The van der Waals surface area contributed by atoms with E-state index >= 15 is 0 Å². The van der Waals surface area contributed by atoms with Crippen LogP contribution in [0.2, 0.25) is 0 Å². The van der Waals surface area contributed by atoms with Crippen LogP contribution >= 0.6 is 0 Å². The lowest BCUT2D eigenvalue weighted by molar-refractivity contribution is -0.0503. The molecule has 0 bridgehead atoms. The smallest absolute Gasteiger partial charge is 0.387 e. The maximum Gasteiger partial charge on any atom is 0.387 e. The molecule has 68 valence electrons. The summed E-state index contributed by atoms with van der Waals surface area (Å²) in [6, 6.07) is 3.00. The molecule has 0 N–H and O–H groups in total. The fraction of sp³-hybridized carbons (Fsp3) is 0.250. The summed E-state index contributed by atoms with van der Waals surface area (Å²) in [4.78, 5) is 3.63. The maximum atomic E-state index is 11.8. The van der Waals surface area contributed by atoms with Crippen LogP contribution in [0.25, 0.3) is 0 Å². The third-order valence-corrected chi connectivity index (χ3v) is 1.31. The van der Waals surface area contributed by atoms with Gasteiger partial charge in [0.05, 0.1) is 0 Å². The zero-order chi connectivity index (χ0) is 9.84. The van der Waals surface area contributed by atoms with E-state index in [9.17, 15) is 8.78 Å². The van der Waals surface area contributed by atoms with Gasteiger partial charge in [-0.25, -0.2) is 4.98 Å². The summed E-state index contributed by atoms with van der Waals surface area (Å²) < 4.78 is 27.7. The summed E-state index contributed by atoms with van der Waals surface area (Å²) in [6.45, 7) is -1.26. The van der Waals surface area contributed by atoms with Crippen LogP contribution in [0.3, 0.4) is 0 Å². The van der Waals surface area contributed by atoms with Gasteiger partial charge in [-0.2, -0.15) is 14.0 Å². The zero-order valence-corrected chi connectivity index (χ0v) is 6.79. The summed E-state index contributed by atoms with van der Waals surface area (Å²) in [6.07, 6.45) is 1.41.